The first-order valence-corrected chi connectivity index (χ1v) is 17.9. The number of aromatic nitrogens is 2. The van der Waals surface area contributed by atoms with Crippen LogP contribution in [-0.2, 0) is 27.1 Å². The van der Waals surface area contributed by atoms with E-state index in [1.54, 1.807) is 18.2 Å². The van der Waals surface area contributed by atoms with Crippen LogP contribution in [0.15, 0.2) is 48.9 Å². The second-order valence-corrected chi connectivity index (χ2v) is 14.0. The van der Waals surface area contributed by atoms with Crippen LogP contribution < -0.4 is 5.32 Å². The number of likely N-dealkylation sites (tertiary alicyclic amines) is 3. The van der Waals surface area contributed by atoms with Gasteiger partial charge in [0.15, 0.2) is 6.10 Å². The Morgan fingerprint density at radius 3 is 2.41 bits per heavy atom. The predicted molar refractivity (Wildman–Crippen MR) is 186 cm³/mol. The molecule has 49 heavy (non-hydrogen) atoms. The number of anilines is 1. The summed E-state index contributed by atoms with van der Waals surface area (Å²) in [5.74, 6) is -0.135. The maximum atomic E-state index is 14.1. The Bertz CT molecular complexity index is 1640. The lowest BCUT2D eigenvalue weighted by molar-refractivity contribution is -0.142. The number of piperidine rings is 3. The number of ether oxygens (including phenoxy) is 2. The number of rotatable bonds is 7. The summed E-state index contributed by atoms with van der Waals surface area (Å²) in [4.78, 5) is 53.4. The summed E-state index contributed by atoms with van der Waals surface area (Å²) in [6, 6.07) is 10.3. The van der Waals surface area contributed by atoms with Crippen molar-refractivity contribution in [3.8, 4) is 0 Å². The molecular weight excluding hydrogens is 622 g/mol. The summed E-state index contributed by atoms with van der Waals surface area (Å²) >= 11 is 0. The number of imidazole rings is 1. The van der Waals surface area contributed by atoms with Crippen molar-refractivity contribution in [3.05, 3.63) is 65.6 Å². The lowest BCUT2D eigenvalue weighted by Gasteiger charge is -2.42. The first kappa shape index (κ1) is 33.3. The zero-order valence-corrected chi connectivity index (χ0v) is 28.8. The molecule has 4 aliphatic rings. The zero-order valence-electron chi connectivity index (χ0n) is 28.8. The van der Waals surface area contributed by atoms with Crippen molar-refractivity contribution in [2.45, 2.75) is 82.6 Å². The van der Waals surface area contributed by atoms with Crippen LogP contribution in [-0.4, -0.2) is 124 Å². The van der Waals surface area contributed by atoms with Crippen LogP contribution in [0.5, 0.6) is 0 Å². The van der Waals surface area contributed by atoms with E-state index >= 15 is 0 Å². The summed E-state index contributed by atoms with van der Waals surface area (Å²) in [6.07, 6.45) is 10.9. The van der Waals surface area contributed by atoms with E-state index in [4.69, 9.17) is 9.47 Å². The van der Waals surface area contributed by atoms with Crippen molar-refractivity contribution in [1.29, 1.82) is 0 Å². The number of benzene rings is 1. The normalized spacial score (nSPS) is 20.9. The number of methoxy groups -OCH3 is 1. The van der Waals surface area contributed by atoms with Crippen LogP contribution in [0.1, 0.15) is 55.2 Å². The van der Waals surface area contributed by atoms with Gasteiger partial charge in [0.2, 0.25) is 0 Å². The minimum atomic E-state index is -0.936. The van der Waals surface area contributed by atoms with E-state index in [1.807, 2.05) is 57.8 Å². The molecule has 12 nitrogen and oxygen atoms in total. The Morgan fingerprint density at radius 1 is 0.939 bits per heavy atom. The Morgan fingerprint density at radius 2 is 1.65 bits per heavy atom. The summed E-state index contributed by atoms with van der Waals surface area (Å²) in [5.41, 5.74) is 4.78. The van der Waals surface area contributed by atoms with Crippen LogP contribution in [0.25, 0.3) is 5.65 Å². The van der Waals surface area contributed by atoms with E-state index in [-0.39, 0.29) is 24.4 Å². The monoisotopic (exact) mass is 671 g/mol. The molecule has 0 bridgehead atoms. The van der Waals surface area contributed by atoms with Crippen molar-refractivity contribution in [3.63, 3.8) is 0 Å². The summed E-state index contributed by atoms with van der Waals surface area (Å²) in [5, 5.41) is 3.06. The molecule has 0 aliphatic carbocycles. The number of pyridine rings is 1. The fourth-order valence-electron chi connectivity index (χ4n) is 8.21. The van der Waals surface area contributed by atoms with E-state index in [0.29, 0.717) is 57.7 Å². The molecule has 4 amide bonds. The molecule has 262 valence electrons. The number of hydrogen-bond donors (Lipinski definition) is 1. The number of carbonyl (C=O) groups excluding carboxylic acids is 3. The summed E-state index contributed by atoms with van der Waals surface area (Å²) in [7, 11) is 1.79. The molecular formula is C37H49N7O5. The first-order valence-electron chi connectivity index (χ1n) is 17.9. The lowest BCUT2D eigenvalue weighted by atomic mass is 9.98. The van der Waals surface area contributed by atoms with Crippen LogP contribution in [0.2, 0.25) is 0 Å². The maximum Gasteiger partial charge on any atom is 0.410 e. The highest BCUT2D eigenvalue weighted by molar-refractivity contribution is 5.91. The molecule has 0 unspecified atom stereocenters. The Hall–Kier alpha value is -4.16. The number of para-hydroxylation sites is 1. The average Bonchev–Trinajstić information content (AvgIpc) is 3.54. The molecule has 0 spiro atoms. The molecule has 1 aromatic carbocycles. The largest absolute Gasteiger partial charge is 0.436 e. The summed E-state index contributed by atoms with van der Waals surface area (Å²) < 4.78 is 13.6. The van der Waals surface area contributed by atoms with E-state index in [2.05, 4.69) is 21.3 Å². The fraction of sp³-hybridized carbons (Fsp3) is 0.568. The van der Waals surface area contributed by atoms with Crippen molar-refractivity contribution in [2.24, 2.45) is 0 Å². The predicted octanol–water partition coefficient (Wildman–Crippen LogP) is 4.35. The van der Waals surface area contributed by atoms with Gasteiger partial charge in [0.05, 0.1) is 6.10 Å². The van der Waals surface area contributed by atoms with Gasteiger partial charge in [0.1, 0.15) is 5.65 Å². The van der Waals surface area contributed by atoms with E-state index < -0.39 is 12.2 Å². The molecule has 3 fully saturated rings. The van der Waals surface area contributed by atoms with Gasteiger partial charge in [-0.25, -0.2) is 14.6 Å². The van der Waals surface area contributed by atoms with Crippen LogP contribution in [0.3, 0.4) is 0 Å². The number of amides is 4. The van der Waals surface area contributed by atoms with E-state index in [0.717, 1.165) is 73.2 Å². The number of urea groups is 1. The molecule has 1 atom stereocenters. The Balaban J connectivity index is 0.990. The maximum absolute atomic E-state index is 14.1. The first-order chi connectivity index (χ1) is 23.9. The third-order valence-electron chi connectivity index (χ3n) is 11.1. The van der Waals surface area contributed by atoms with Crippen LogP contribution in [0, 0.1) is 6.92 Å². The van der Waals surface area contributed by atoms with E-state index in [1.165, 1.54) is 0 Å². The highest BCUT2D eigenvalue weighted by atomic mass is 16.6. The highest BCUT2D eigenvalue weighted by Crippen LogP contribution is 2.27. The SMILES string of the molecule is COC1CCN(C2CCN(C(=O)[C@@H](Cc3cc(C)c4nccn4c3)OC(=O)N3CCC(N4CCc5ccccc5NC4=O)CC3)CC2)CC1. The number of fused-ring (bicyclic) bond motifs is 2. The number of nitrogens with one attached hydrogen (secondary N) is 1. The van der Waals surface area contributed by atoms with Crippen molar-refractivity contribution in [1.82, 2.24) is 29.0 Å². The molecule has 3 aromatic rings. The molecule has 3 saturated heterocycles. The van der Waals surface area contributed by atoms with Gasteiger partial charge in [-0.1, -0.05) is 24.3 Å². The molecule has 12 heteroatoms. The van der Waals surface area contributed by atoms with Gasteiger partial charge in [-0.2, -0.15) is 0 Å². The van der Waals surface area contributed by atoms with Gasteiger partial charge in [-0.05, 0) is 74.6 Å². The van der Waals surface area contributed by atoms with Gasteiger partial charge < -0.3 is 38.8 Å². The molecule has 1 N–H and O–H groups in total. The van der Waals surface area contributed by atoms with Crippen molar-refractivity contribution in [2.75, 3.05) is 58.2 Å². The van der Waals surface area contributed by atoms with Gasteiger partial charge in [0.25, 0.3) is 5.91 Å². The van der Waals surface area contributed by atoms with Crippen LogP contribution in [0.4, 0.5) is 15.3 Å². The average molecular weight is 672 g/mol. The van der Waals surface area contributed by atoms with Crippen molar-refractivity contribution < 1.29 is 23.9 Å². The minimum Gasteiger partial charge on any atom is -0.436 e. The van der Waals surface area contributed by atoms with Gasteiger partial charge in [-0.15, -0.1) is 0 Å². The Labute approximate surface area is 288 Å². The Kier molecular flexibility index (Phi) is 10.0. The lowest BCUT2D eigenvalue weighted by Crippen LogP contribution is -2.53. The molecule has 0 radical (unpaired) electrons. The van der Waals surface area contributed by atoms with Gasteiger partial charge in [0, 0.05) is 95.7 Å². The number of carbonyl (C=O) groups is 3. The fourth-order valence-corrected chi connectivity index (χ4v) is 8.21. The van der Waals surface area contributed by atoms with E-state index in [9.17, 15) is 14.4 Å². The van der Waals surface area contributed by atoms with Crippen LogP contribution >= 0.6 is 0 Å². The number of hydrogen-bond acceptors (Lipinski definition) is 7. The molecule has 0 saturated carbocycles. The topological polar surface area (TPSA) is 112 Å². The smallest absolute Gasteiger partial charge is 0.410 e. The third-order valence-corrected chi connectivity index (χ3v) is 11.1. The highest BCUT2D eigenvalue weighted by Gasteiger charge is 2.36. The van der Waals surface area contributed by atoms with Gasteiger partial charge in [-0.3, -0.25) is 4.79 Å². The van der Waals surface area contributed by atoms with Crippen molar-refractivity contribution >= 4 is 29.4 Å². The number of aryl methyl sites for hydroxylation is 1. The summed E-state index contributed by atoms with van der Waals surface area (Å²) in [6.45, 7) is 6.92. The molecule has 4 aliphatic heterocycles. The molecule has 6 heterocycles. The standard InChI is InChI=1S/C37H49N7O5/c1-26-23-27(25-43-22-14-38-34(26)43)24-33(35(45)41-15-8-29(9-16-41)40-19-12-31(48-2)13-20-40)49-37(47)42-17-10-30(11-18-42)44-21-7-28-5-3-4-6-32(28)39-36(44)46/h3-6,14,22-23,25,29-31,33H,7-13,15-21,24H2,1-2H3,(H,39,46)/t33-/m1/s1. The minimum absolute atomic E-state index is 0.0299. The third kappa shape index (κ3) is 7.40. The molecule has 7 rings (SSSR count). The van der Waals surface area contributed by atoms with Gasteiger partial charge >= 0.3 is 12.1 Å². The second-order valence-electron chi connectivity index (χ2n) is 14.0. The second kappa shape index (κ2) is 14.8. The number of nitrogens with zero attached hydrogens (tertiary/aromatic N) is 6. The quantitative estimate of drug-likeness (QED) is 0.398. The molecule has 2 aromatic heterocycles. The zero-order chi connectivity index (χ0) is 33.9.